The maximum Gasteiger partial charge on any atom is 0.275 e. The van der Waals surface area contributed by atoms with Crippen LogP contribution in [0.4, 0.5) is 11.4 Å². The fraction of sp³-hybridized carbons (Fsp3) is 0.143. The van der Waals surface area contributed by atoms with Crippen molar-refractivity contribution in [1.29, 1.82) is 0 Å². The molecule has 3 rings (SSSR count). The van der Waals surface area contributed by atoms with Crippen LogP contribution in [0, 0.1) is 20.2 Å². The van der Waals surface area contributed by atoms with Crippen molar-refractivity contribution < 1.29 is 29.9 Å². The van der Waals surface area contributed by atoms with Crippen LogP contribution >= 0.6 is 0 Å². The number of hydrogen-bond acceptors (Lipinski definition) is 8. The number of hydrogen-bond donors (Lipinski definition) is 3. The van der Waals surface area contributed by atoms with Crippen molar-refractivity contribution in [2.24, 2.45) is 0 Å². The zero-order valence-electron chi connectivity index (χ0n) is 16.0. The predicted octanol–water partition coefficient (Wildman–Crippen LogP) is 3.36. The molecule has 0 aliphatic carbocycles. The van der Waals surface area contributed by atoms with Gasteiger partial charge in [-0.05, 0) is 23.8 Å². The van der Waals surface area contributed by atoms with E-state index in [9.17, 15) is 35.5 Å². The lowest BCUT2D eigenvalue weighted by atomic mass is 9.93. The molecule has 1 atom stereocenters. The molecular weight excluding hydrogens is 408 g/mol. The summed E-state index contributed by atoms with van der Waals surface area (Å²) in [6.45, 7) is -0.701. The fourth-order valence-corrected chi connectivity index (χ4v) is 3.19. The molecule has 0 saturated carbocycles. The smallest absolute Gasteiger partial charge is 0.275 e. The zero-order valence-corrected chi connectivity index (χ0v) is 16.0. The number of nitrogens with zero attached hydrogens (tertiary/aromatic N) is 2. The highest BCUT2D eigenvalue weighted by molar-refractivity contribution is 5.58. The minimum absolute atomic E-state index is 0.165. The maximum atomic E-state index is 11.5. The topological polar surface area (TPSA) is 156 Å². The second kappa shape index (κ2) is 9.20. The highest BCUT2D eigenvalue weighted by atomic mass is 16.6. The van der Waals surface area contributed by atoms with Crippen molar-refractivity contribution in [1.82, 2.24) is 0 Å². The summed E-state index contributed by atoms with van der Waals surface area (Å²) in [6.07, 6.45) is -1.83. The molecule has 0 heterocycles. The molecule has 0 spiro atoms. The van der Waals surface area contributed by atoms with Crippen LogP contribution in [0.3, 0.4) is 0 Å². The van der Waals surface area contributed by atoms with Gasteiger partial charge >= 0.3 is 0 Å². The number of aliphatic hydroxyl groups excluding tert-OH is 2. The van der Waals surface area contributed by atoms with E-state index in [2.05, 4.69) is 0 Å². The van der Waals surface area contributed by atoms with Crippen LogP contribution in [0.15, 0.2) is 60.7 Å². The molecule has 0 saturated heterocycles. The third-order valence-electron chi connectivity index (χ3n) is 4.68. The van der Waals surface area contributed by atoms with Crippen molar-refractivity contribution in [3.05, 3.63) is 103 Å². The van der Waals surface area contributed by atoms with Gasteiger partial charge in [0.25, 0.3) is 11.4 Å². The Bertz CT molecular complexity index is 1120. The standard InChI is InChI=1S/C21H18N2O8/c24-11-16-18(23(29)30)8-9-19(25)20(16)21(26)15-10-14(6-7-17(15)22(27)28)31-12-13-4-2-1-3-5-13/h1-10,21,24-26H,11-12H2. The largest absolute Gasteiger partial charge is 0.508 e. The molecule has 0 fully saturated rings. The lowest BCUT2D eigenvalue weighted by Gasteiger charge is -2.17. The Labute approximate surface area is 175 Å². The molecule has 0 aliphatic rings. The Kier molecular flexibility index (Phi) is 6.43. The van der Waals surface area contributed by atoms with E-state index in [4.69, 9.17) is 4.74 Å². The second-order valence-corrected chi connectivity index (χ2v) is 6.57. The molecule has 3 N–H and O–H groups in total. The average Bonchev–Trinajstić information content (AvgIpc) is 2.77. The van der Waals surface area contributed by atoms with Crippen LogP contribution in [0.1, 0.15) is 28.4 Å². The predicted molar refractivity (Wildman–Crippen MR) is 109 cm³/mol. The number of phenolic OH excluding ortho intramolecular Hbond substituents is 1. The number of benzene rings is 3. The highest BCUT2D eigenvalue weighted by Crippen LogP contribution is 2.40. The van der Waals surface area contributed by atoms with Gasteiger partial charge in [0, 0.05) is 17.7 Å². The summed E-state index contributed by atoms with van der Waals surface area (Å²) in [4.78, 5) is 21.2. The van der Waals surface area contributed by atoms with Gasteiger partial charge in [-0.3, -0.25) is 20.2 Å². The monoisotopic (exact) mass is 426 g/mol. The van der Waals surface area contributed by atoms with Crippen LogP contribution in [-0.2, 0) is 13.2 Å². The molecule has 0 radical (unpaired) electrons. The first kappa shape index (κ1) is 21.7. The summed E-state index contributed by atoms with van der Waals surface area (Å²) >= 11 is 0. The van der Waals surface area contributed by atoms with Gasteiger partial charge in [0.1, 0.15) is 24.2 Å². The van der Waals surface area contributed by atoms with E-state index < -0.39 is 39.7 Å². The number of aliphatic hydroxyl groups is 2. The first-order valence-corrected chi connectivity index (χ1v) is 9.06. The molecule has 10 heteroatoms. The van der Waals surface area contributed by atoms with Gasteiger partial charge in [0.2, 0.25) is 0 Å². The van der Waals surface area contributed by atoms with Gasteiger partial charge in [0.05, 0.1) is 27.6 Å². The van der Waals surface area contributed by atoms with E-state index in [1.807, 2.05) is 30.3 Å². The van der Waals surface area contributed by atoms with Gasteiger partial charge in [-0.1, -0.05) is 30.3 Å². The third kappa shape index (κ3) is 4.60. The molecule has 1 unspecified atom stereocenters. The molecule has 0 amide bonds. The van der Waals surface area contributed by atoms with Gasteiger partial charge in [-0.25, -0.2) is 0 Å². The van der Waals surface area contributed by atoms with Crippen molar-refractivity contribution in [3.8, 4) is 11.5 Å². The Morgan fingerprint density at radius 3 is 2.19 bits per heavy atom. The van der Waals surface area contributed by atoms with Gasteiger partial charge in [0.15, 0.2) is 0 Å². The van der Waals surface area contributed by atoms with Gasteiger partial charge < -0.3 is 20.1 Å². The molecule has 31 heavy (non-hydrogen) atoms. The zero-order chi connectivity index (χ0) is 22.5. The number of ether oxygens (including phenoxy) is 1. The van der Waals surface area contributed by atoms with Crippen molar-refractivity contribution in [3.63, 3.8) is 0 Å². The number of rotatable bonds is 8. The van der Waals surface area contributed by atoms with Gasteiger partial charge in [-0.15, -0.1) is 0 Å². The number of nitro benzene ring substituents is 2. The molecule has 10 nitrogen and oxygen atoms in total. The van der Waals surface area contributed by atoms with Crippen LogP contribution in [-0.4, -0.2) is 25.2 Å². The maximum absolute atomic E-state index is 11.5. The molecule has 0 aromatic heterocycles. The highest BCUT2D eigenvalue weighted by Gasteiger charge is 2.30. The summed E-state index contributed by atoms with van der Waals surface area (Å²) in [7, 11) is 0. The Hall–Kier alpha value is -4.02. The lowest BCUT2D eigenvalue weighted by Crippen LogP contribution is -2.10. The Morgan fingerprint density at radius 2 is 1.58 bits per heavy atom. The number of phenols is 1. The summed E-state index contributed by atoms with van der Waals surface area (Å²) < 4.78 is 5.65. The lowest BCUT2D eigenvalue weighted by molar-refractivity contribution is -0.386. The van der Waals surface area contributed by atoms with Crippen molar-refractivity contribution in [2.75, 3.05) is 0 Å². The second-order valence-electron chi connectivity index (χ2n) is 6.57. The minimum atomic E-state index is -1.83. The first-order valence-electron chi connectivity index (χ1n) is 9.06. The Morgan fingerprint density at radius 1 is 0.935 bits per heavy atom. The van der Waals surface area contributed by atoms with Gasteiger partial charge in [-0.2, -0.15) is 0 Å². The van der Waals surface area contributed by atoms with Crippen LogP contribution in [0.5, 0.6) is 11.5 Å². The van der Waals surface area contributed by atoms with E-state index in [0.29, 0.717) is 0 Å². The third-order valence-corrected chi connectivity index (χ3v) is 4.68. The van der Waals surface area contributed by atoms with E-state index in [-0.39, 0.29) is 29.0 Å². The summed E-state index contributed by atoms with van der Waals surface area (Å²) in [6, 6.07) is 14.8. The van der Waals surface area contributed by atoms with Crippen LogP contribution < -0.4 is 4.74 Å². The Balaban J connectivity index is 2.05. The summed E-state index contributed by atoms with van der Waals surface area (Å²) in [5.74, 6) is -0.342. The molecular formula is C21H18N2O8. The SMILES string of the molecule is O=[N+]([O-])c1ccc(OCc2ccccc2)cc1C(O)c1c(O)ccc([N+](=O)[O-])c1CO. The number of nitro groups is 2. The van der Waals surface area contributed by atoms with Crippen LogP contribution in [0.25, 0.3) is 0 Å². The summed E-state index contributed by atoms with van der Waals surface area (Å²) in [5.41, 5.74) is -1.15. The molecule has 160 valence electrons. The normalized spacial score (nSPS) is 11.7. The molecule has 3 aromatic carbocycles. The quantitative estimate of drug-likeness (QED) is 0.366. The molecule has 0 bridgehead atoms. The van der Waals surface area contributed by atoms with E-state index >= 15 is 0 Å². The minimum Gasteiger partial charge on any atom is -0.508 e. The van der Waals surface area contributed by atoms with Crippen molar-refractivity contribution in [2.45, 2.75) is 19.3 Å². The summed E-state index contributed by atoms with van der Waals surface area (Å²) in [5, 5.41) is 53.5. The molecule has 3 aromatic rings. The van der Waals surface area contributed by atoms with Crippen LogP contribution in [0.2, 0.25) is 0 Å². The number of aromatic hydroxyl groups is 1. The van der Waals surface area contributed by atoms with E-state index in [1.165, 1.54) is 12.1 Å². The fourth-order valence-electron chi connectivity index (χ4n) is 3.19. The average molecular weight is 426 g/mol. The van der Waals surface area contributed by atoms with Crippen molar-refractivity contribution >= 4 is 11.4 Å². The van der Waals surface area contributed by atoms with E-state index in [1.54, 1.807) is 0 Å². The molecule has 0 aliphatic heterocycles. The first-order chi connectivity index (χ1) is 14.8. The van der Waals surface area contributed by atoms with E-state index in [0.717, 1.165) is 23.8 Å².